The zero-order chi connectivity index (χ0) is 16.2. The van der Waals surface area contributed by atoms with Crippen LogP contribution in [0, 0.1) is 0 Å². The Labute approximate surface area is 145 Å². The van der Waals surface area contributed by atoms with Crippen LogP contribution in [0.15, 0.2) is 65.1 Å². The Kier molecular flexibility index (Phi) is 3.14. The Morgan fingerprint density at radius 2 is 1.48 bits per heavy atom. The van der Waals surface area contributed by atoms with Crippen molar-refractivity contribution in [3.63, 3.8) is 0 Å². The lowest BCUT2D eigenvalue weighted by molar-refractivity contribution is 0.662. The highest BCUT2D eigenvalue weighted by Gasteiger charge is 2.37. The zero-order valence-corrected chi connectivity index (χ0v) is 14.8. The number of nitrogen functional groups attached to an aromatic ring is 1. The quantitative estimate of drug-likeness (QED) is 0.526. The number of nitrogens with two attached hydrogens (primary N) is 1. The molecule has 0 saturated heterocycles. The minimum Gasteiger partial charge on any atom is -0.399 e. The van der Waals surface area contributed by atoms with Gasteiger partial charge in [-0.3, -0.25) is 0 Å². The Morgan fingerprint density at radius 3 is 2.22 bits per heavy atom. The van der Waals surface area contributed by atoms with Crippen molar-refractivity contribution in [3.8, 4) is 22.3 Å². The lowest BCUT2D eigenvalue weighted by Gasteiger charge is -2.25. The molecule has 23 heavy (non-hydrogen) atoms. The summed E-state index contributed by atoms with van der Waals surface area (Å²) >= 11 is 3.52. The van der Waals surface area contributed by atoms with E-state index in [1.165, 1.54) is 33.4 Å². The number of rotatable bonds is 1. The van der Waals surface area contributed by atoms with Crippen LogP contribution in [0.4, 0.5) is 5.69 Å². The van der Waals surface area contributed by atoms with Crippen LogP contribution >= 0.6 is 15.9 Å². The summed E-state index contributed by atoms with van der Waals surface area (Å²) in [4.78, 5) is 0. The van der Waals surface area contributed by atoms with Crippen molar-refractivity contribution >= 4 is 21.6 Å². The van der Waals surface area contributed by atoms with Crippen LogP contribution in [-0.4, -0.2) is 0 Å². The molecule has 0 bridgehead atoms. The predicted octanol–water partition coefficient (Wildman–Crippen LogP) is 6.00. The van der Waals surface area contributed by atoms with E-state index in [2.05, 4.69) is 90.4 Å². The Hall–Kier alpha value is -2.06. The number of anilines is 1. The fraction of sp³-hybridized carbons (Fsp3) is 0.143. The van der Waals surface area contributed by atoms with Gasteiger partial charge in [0.1, 0.15) is 0 Å². The minimum absolute atomic E-state index is 0.0258. The van der Waals surface area contributed by atoms with E-state index in [0.717, 1.165) is 10.2 Å². The van der Waals surface area contributed by atoms with E-state index >= 15 is 0 Å². The van der Waals surface area contributed by atoms with E-state index in [-0.39, 0.29) is 5.41 Å². The summed E-state index contributed by atoms with van der Waals surface area (Å²) in [6, 6.07) is 21.4. The van der Waals surface area contributed by atoms with Gasteiger partial charge in [0, 0.05) is 15.6 Å². The first-order valence-corrected chi connectivity index (χ1v) is 8.57. The molecule has 0 heterocycles. The van der Waals surface area contributed by atoms with Crippen LogP contribution in [0.25, 0.3) is 22.3 Å². The molecule has 3 aromatic rings. The molecule has 1 nitrogen and oxygen atoms in total. The first-order valence-electron chi connectivity index (χ1n) is 7.78. The number of hydrogen-bond donors (Lipinski definition) is 1. The third-order valence-electron chi connectivity index (χ3n) is 4.83. The van der Waals surface area contributed by atoms with Gasteiger partial charge in [-0.25, -0.2) is 0 Å². The molecule has 0 spiro atoms. The van der Waals surface area contributed by atoms with E-state index in [1.54, 1.807) is 0 Å². The van der Waals surface area contributed by atoms with Gasteiger partial charge in [-0.05, 0) is 57.6 Å². The van der Waals surface area contributed by atoms with Crippen molar-refractivity contribution in [1.29, 1.82) is 0 Å². The summed E-state index contributed by atoms with van der Waals surface area (Å²) < 4.78 is 1.09. The second-order valence-electron chi connectivity index (χ2n) is 6.67. The molecular weight excluding hydrogens is 346 g/mol. The maximum atomic E-state index is 6.24. The van der Waals surface area contributed by atoms with E-state index in [0.29, 0.717) is 0 Å². The average Bonchev–Trinajstić information content (AvgIpc) is 2.76. The summed E-state index contributed by atoms with van der Waals surface area (Å²) in [6.45, 7) is 4.60. The van der Waals surface area contributed by atoms with Crippen molar-refractivity contribution < 1.29 is 0 Å². The van der Waals surface area contributed by atoms with Gasteiger partial charge < -0.3 is 5.73 Å². The first kappa shape index (κ1) is 14.5. The van der Waals surface area contributed by atoms with Crippen molar-refractivity contribution in [2.45, 2.75) is 19.3 Å². The maximum Gasteiger partial charge on any atom is 0.0326 e. The largest absolute Gasteiger partial charge is 0.399 e. The molecule has 1 aliphatic carbocycles. The molecule has 0 atom stereocenters. The zero-order valence-electron chi connectivity index (χ0n) is 13.2. The molecule has 0 aliphatic heterocycles. The molecule has 0 amide bonds. The Balaban J connectivity index is 2.06. The SMILES string of the molecule is CC1(C)c2ccccc2-c2cc(N)cc(-c3ccc(Br)cc3)c21. The molecule has 0 radical (unpaired) electrons. The van der Waals surface area contributed by atoms with Gasteiger partial charge in [-0.1, -0.05) is 66.2 Å². The molecule has 2 N–H and O–H groups in total. The molecular formula is C21H18BrN. The number of benzene rings is 3. The van der Waals surface area contributed by atoms with Crippen molar-refractivity contribution in [2.75, 3.05) is 5.73 Å². The van der Waals surface area contributed by atoms with Gasteiger partial charge in [0.15, 0.2) is 0 Å². The van der Waals surface area contributed by atoms with Crippen LogP contribution in [0.2, 0.25) is 0 Å². The molecule has 114 valence electrons. The standard InChI is InChI=1S/C21H18BrN/c1-21(2)19-6-4-3-5-16(19)18-12-15(23)11-17(20(18)21)13-7-9-14(22)10-8-13/h3-12H,23H2,1-2H3. The molecule has 0 saturated carbocycles. The molecule has 1 aliphatic rings. The number of fused-ring (bicyclic) bond motifs is 3. The highest BCUT2D eigenvalue weighted by atomic mass is 79.9. The van der Waals surface area contributed by atoms with Crippen molar-refractivity contribution in [2.24, 2.45) is 0 Å². The van der Waals surface area contributed by atoms with Crippen LogP contribution in [0.5, 0.6) is 0 Å². The molecule has 0 unspecified atom stereocenters. The van der Waals surface area contributed by atoms with Crippen molar-refractivity contribution in [1.82, 2.24) is 0 Å². The minimum atomic E-state index is -0.0258. The van der Waals surface area contributed by atoms with Crippen LogP contribution in [0.1, 0.15) is 25.0 Å². The normalized spacial score (nSPS) is 14.4. The van der Waals surface area contributed by atoms with E-state index < -0.39 is 0 Å². The Bertz CT molecular complexity index is 908. The van der Waals surface area contributed by atoms with Gasteiger partial charge >= 0.3 is 0 Å². The average molecular weight is 364 g/mol. The van der Waals surface area contributed by atoms with Crippen LogP contribution < -0.4 is 5.73 Å². The van der Waals surface area contributed by atoms with E-state index in [4.69, 9.17) is 5.73 Å². The fourth-order valence-electron chi connectivity index (χ4n) is 3.80. The van der Waals surface area contributed by atoms with Gasteiger partial charge in [0.05, 0.1) is 0 Å². The van der Waals surface area contributed by atoms with Crippen LogP contribution in [0.3, 0.4) is 0 Å². The second kappa shape index (κ2) is 4.97. The predicted molar refractivity (Wildman–Crippen MR) is 102 cm³/mol. The molecule has 3 aromatic carbocycles. The molecule has 2 heteroatoms. The highest BCUT2D eigenvalue weighted by Crippen LogP contribution is 2.52. The summed E-state index contributed by atoms with van der Waals surface area (Å²) in [5, 5.41) is 0. The molecule has 0 fully saturated rings. The van der Waals surface area contributed by atoms with E-state index in [9.17, 15) is 0 Å². The Morgan fingerprint density at radius 1 is 0.826 bits per heavy atom. The highest BCUT2D eigenvalue weighted by molar-refractivity contribution is 9.10. The molecule has 0 aromatic heterocycles. The first-order chi connectivity index (χ1) is 11.0. The summed E-state index contributed by atoms with van der Waals surface area (Å²) in [6.07, 6.45) is 0. The lowest BCUT2D eigenvalue weighted by Crippen LogP contribution is -2.16. The third-order valence-corrected chi connectivity index (χ3v) is 5.36. The number of halogens is 1. The van der Waals surface area contributed by atoms with Gasteiger partial charge in [-0.15, -0.1) is 0 Å². The van der Waals surface area contributed by atoms with Crippen molar-refractivity contribution in [3.05, 3.63) is 76.3 Å². The summed E-state index contributed by atoms with van der Waals surface area (Å²) in [7, 11) is 0. The summed E-state index contributed by atoms with van der Waals surface area (Å²) in [5.41, 5.74) is 14.8. The van der Waals surface area contributed by atoms with Gasteiger partial charge in [0.25, 0.3) is 0 Å². The third kappa shape index (κ3) is 2.13. The number of hydrogen-bond acceptors (Lipinski definition) is 1. The van der Waals surface area contributed by atoms with E-state index in [1.807, 2.05) is 0 Å². The fourth-order valence-corrected chi connectivity index (χ4v) is 4.07. The topological polar surface area (TPSA) is 26.0 Å². The summed E-state index contributed by atoms with van der Waals surface area (Å²) in [5.74, 6) is 0. The lowest BCUT2D eigenvalue weighted by atomic mass is 9.78. The smallest absolute Gasteiger partial charge is 0.0326 e. The van der Waals surface area contributed by atoms with Gasteiger partial charge in [-0.2, -0.15) is 0 Å². The monoisotopic (exact) mass is 363 g/mol. The maximum absolute atomic E-state index is 6.24. The molecule has 4 rings (SSSR count). The van der Waals surface area contributed by atoms with Gasteiger partial charge in [0.2, 0.25) is 0 Å². The second-order valence-corrected chi connectivity index (χ2v) is 7.58. The van der Waals surface area contributed by atoms with Crippen LogP contribution in [-0.2, 0) is 5.41 Å².